The molecular weight excluding hydrogens is 312 g/mol. The molecule has 1 amide bonds. The van der Waals surface area contributed by atoms with Gasteiger partial charge in [-0.2, -0.15) is 5.10 Å². The lowest BCUT2D eigenvalue weighted by Gasteiger charge is -2.15. The average molecular weight is 332 g/mol. The van der Waals surface area contributed by atoms with E-state index in [1.165, 1.54) is 37.4 Å². The van der Waals surface area contributed by atoms with Gasteiger partial charge in [0.2, 0.25) is 5.91 Å². The summed E-state index contributed by atoms with van der Waals surface area (Å²) in [5.74, 6) is 1.76. The number of anilines is 1. The maximum atomic E-state index is 12.2. The summed E-state index contributed by atoms with van der Waals surface area (Å²) in [4.78, 5) is 12.2. The molecule has 0 spiro atoms. The lowest BCUT2D eigenvalue weighted by molar-refractivity contribution is -0.113. The molecule has 4 rings (SSSR count). The van der Waals surface area contributed by atoms with Gasteiger partial charge in [0.05, 0.1) is 18.0 Å². The summed E-state index contributed by atoms with van der Waals surface area (Å²) in [5.41, 5.74) is 0. The van der Waals surface area contributed by atoms with E-state index in [0.29, 0.717) is 23.8 Å². The zero-order chi connectivity index (χ0) is 15.8. The Balaban J connectivity index is 1.35. The van der Waals surface area contributed by atoms with E-state index in [0.717, 1.165) is 11.0 Å². The van der Waals surface area contributed by atoms with Crippen LogP contribution in [0, 0.1) is 5.92 Å². The molecule has 0 saturated heterocycles. The van der Waals surface area contributed by atoms with Crippen molar-refractivity contribution in [1.82, 2.24) is 24.5 Å². The first-order valence-corrected chi connectivity index (χ1v) is 9.06. The van der Waals surface area contributed by atoms with Crippen molar-refractivity contribution >= 4 is 23.5 Å². The van der Waals surface area contributed by atoms with Gasteiger partial charge in [-0.1, -0.05) is 11.8 Å². The molecule has 1 atom stereocenters. The Morgan fingerprint density at radius 2 is 2.26 bits per heavy atom. The van der Waals surface area contributed by atoms with Crippen LogP contribution in [0.4, 0.5) is 5.82 Å². The molecule has 0 aliphatic heterocycles. The van der Waals surface area contributed by atoms with E-state index in [4.69, 9.17) is 0 Å². The Labute approximate surface area is 138 Å². The quantitative estimate of drug-likeness (QED) is 0.788. The second-order valence-corrected chi connectivity index (χ2v) is 7.27. The van der Waals surface area contributed by atoms with E-state index in [-0.39, 0.29) is 5.91 Å². The van der Waals surface area contributed by atoms with E-state index < -0.39 is 0 Å². The van der Waals surface area contributed by atoms with Crippen molar-refractivity contribution in [1.29, 1.82) is 0 Å². The van der Waals surface area contributed by atoms with Crippen molar-refractivity contribution in [2.24, 2.45) is 5.92 Å². The Morgan fingerprint density at radius 3 is 3.00 bits per heavy atom. The highest BCUT2D eigenvalue weighted by molar-refractivity contribution is 7.99. The monoisotopic (exact) mass is 332 g/mol. The van der Waals surface area contributed by atoms with Crippen molar-refractivity contribution < 1.29 is 4.79 Å². The van der Waals surface area contributed by atoms with Crippen molar-refractivity contribution in [3.63, 3.8) is 0 Å². The van der Waals surface area contributed by atoms with Crippen LogP contribution in [0.5, 0.6) is 0 Å². The van der Waals surface area contributed by atoms with Gasteiger partial charge in [0, 0.05) is 12.1 Å². The van der Waals surface area contributed by atoms with E-state index >= 15 is 0 Å². The molecule has 8 heteroatoms. The third-order valence-corrected chi connectivity index (χ3v) is 5.40. The molecule has 2 saturated carbocycles. The minimum atomic E-state index is -0.0370. The molecule has 0 aromatic carbocycles. The summed E-state index contributed by atoms with van der Waals surface area (Å²) in [6.45, 7) is 2.16. The zero-order valence-corrected chi connectivity index (χ0v) is 13.9. The summed E-state index contributed by atoms with van der Waals surface area (Å²) in [6, 6.07) is 2.72. The summed E-state index contributed by atoms with van der Waals surface area (Å²) < 4.78 is 3.99. The molecule has 2 fully saturated rings. The number of nitrogens with zero attached hydrogens (tertiary/aromatic N) is 5. The Kier molecular flexibility index (Phi) is 3.84. The average Bonchev–Trinajstić information content (AvgIpc) is 3.47. The number of hydrogen-bond acceptors (Lipinski definition) is 5. The highest BCUT2D eigenvalue weighted by Gasteiger charge is 2.31. The first kappa shape index (κ1) is 14.7. The third-order valence-electron chi connectivity index (χ3n) is 4.44. The molecule has 2 aliphatic rings. The molecule has 0 radical (unpaired) electrons. The number of aromatic nitrogens is 5. The lowest BCUT2D eigenvalue weighted by Crippen LogP contribution is -2.20. The zero-order valence-electron chi connectivity index (χ0n) is 13.1. The molecule has 1 unspecified atom stereocenters. The Hall–Kier alpha value is -1.83. The summed E-state index contributed by atoms with van der Waals surface area (Å²) in [6.07, 6.45) is 8.35. The third kappa shape index (κ3) is 3.26. The minimum Gasteiger partial charge on any atom is -0.310 e. The van der Waals surface area contributed by atoms with Crippen LogP contribution in [0.1, 0.15) is 44.7 Å². The largest absolute Gasteiger partial charge is 0.310 e. The lowest BCUT2D eigenvalue weighted by atomic mass is 10.2. The highest BCUT2D eigenvalue weighted by Crippen LogP contribution is 2.40. The van der Waals surface area contributed by atoms with E-state index in [2.05, 4.69) is 32.1 Å². The number of nitrogens with one attached hydrogen (secondary N) is 1. The van der Waals surface area contributed by atoms with Crippen molar-refractivity contribution in [2.45, 2.75) is 49.8 Å². The highest BCUT2D eigenvalue weighted by atomic mass is 32.2. The van der Waals surface area contributed by atoms with Gasteiger partial charge in [0.15, 0.2) is 5.16 Å². The molecule has 2 aromatic rings. The Bertz CT molecular complexity index is 702. The van der Waals surface area contributed by atoms with Gasteiger partial charge in [-0.3, -0.25) is 4.79 Å². The normalized spacial score (nSPS) is 18.8. The van der Waals surface area contributed by atoms with Crippen molar-refractivity contribution in [3.05, 3.63) is 18.6 Å². The number of amides is 1. The number of hydrogen-bond donors (Lipinski definition) is 1. The fraction of sp³-hybridized carbons (Fsp3) is 0.600. The second kappa shape index (κ2) is 5.99. The first-order valence-electron chi connectivity index (χ1n) is 8.08. The van der Waals surface area contributed by atoms with Gasteiger partial charge in [0.1, 0.15) is 12.1 Å². The van der Waals surface area contributed by atoms with Crippen LogP contribution in [0.15, 0.2) is 23.7 Å². The summed E-state index contributed by atoms with van der Waals surface area (Å²) in [7, 11) is 0. The van der Waals surface area contributed by atoms with E-state index in [1.807, 2.05) is 10.7 Å². The molecule has 122 valence electrons. The minimum absolute atomic E-state index is 0.0370. The predicted molar refractivity (Wildman–Crippen MR) is 87.3 cm³/mol. The molecular formula is C15H20N6OS. The van der Waals surface area contributed by atoms with Gasteiger partial charge in [-0.25, -0.2) is 4.68 Å². The number of carbonyl (C=O) groups is 1. The molecule has 23 heavy (non-hydrogen) atoms. The number of thioether (sulfide) groups is 1. The topological polar surface area (TPSA) is 77.6 Å². The van der Waals surface area contributed by atoms with Gasteiger partial charge in [0.25, 0.3) is 0 Å². The van der Waals surface area contributed by atoms with Crippen LogP contribution in [-0.4, -0.2) is 36.2 Å². The Morgan fingerprint density at radius 1 is 1.43 bits per heavy atom. The summed E-state index contributed by atoms with van der Waals surface area (Å²) in [5, 5.41) is 16.2. The van der Waals surface area contributed by atoms with Crippen molar-refractivity contribution in [2.75, 3.05) is 11.1 Å². The summed E-state index contributed by atoms with van der Waals surface area (Å²) >= 11 is 1.43. The van der Waals surface area contributed by atoms with E-state index in [9.17, 15) is 4.79 Å². The predicted octanol–water partition coefficient (Wildman–Crippen LogP) is 2.51. The van der Waals surface area contributed by atoms with Gasteiger partial charge in [-0.15, -0.1) is 10.2 Å². The molecule has 0 bridgehead atoms. The fourth-order valence-corrected chi connectivity index (χ4v) is 3.55. The fourth-order valence-electron chi connectivity index (χ4n) is 2.76. The van der Waals surface area contributed by atoms with Crippen molar-refractivity contribution in [3.8, 4) is 0 Å². The van der Waals surface area contributed by atoms with Crippen LogP contribution in [-0.2, 0) is 4.79 Å². The van der Waals surface area contributed by atoms with Gasteiger partial charge in [-0.05, 0) is 38.5 Å². The first-order chi connectivity index (χ1) is 11.2. The van der Waals surface area contributed by atoms with Gasteiger partial charge < -0.3 is 9.88 Å². The van der Waals surface area contributed by atoms with Crippen LogP contribution < -0.4 is 5.32 Å². The molecule has 1 N–H and O–H groups in total. The second-order valence-electron chi connectivity index (χ2n) is 6.33. The molecule has 2 aliphatic carbocycles. The smallest absolute Gasteiger partial charge is 0.235 e. The standard InChI is InChI=1S/C15H20N6OS/c1-10(11-2-3-11)21-13(6-7-17-21)18-14(22)8-23-15-19-16-9-20(15)12-4-5-12/h6-7,9-12H,2-5,8H2,1H3,(H,18,22). The SMILES string of the molecule is CC(C1CC1)n1nccc1NC(=O)CSc1nncn1C1CC1. The van der Waals surface area contributed by atoms with Crippen LogP contribution in [0.2, 0.25) is 0 Å². The number of rotatable bonds is 7. The van der Waals surface area contributed by atoms with Crippen LogP contribution in [0.25, 0.3) is 0 Å². The maximum Gasteiger partial charge on any atom is 0.235 e. The van der Waals surface area contributed by atoms with Crippen LogP contribution >= 0.6 is 11.8 Å². The van der Waals surface area contributed by atoms with Gasteiger partial charge >= 0.3 is 0 Å². The maximum absolute atomic E-state index is 12.2. The number of carbonyl (C=O) groups excluding carboxylic acids is 1. The van der Waals surface area contributed by atoms with E-state index in [1.54, 1.807) is 12.5 Å². The molecule has 2 heterocycles. The molecule has 7 nitrogen and oxygen atoms in total. The van der Waals surface area contributed by atoms with Crippen LogP contribution in [0.3, 0.4) is 0 Å². The molecule has 2 aromatic heterocycles.